The van der Waals surface area contributed by atoms with Crippen LogP contribution in [0.3, 0.4) is 0 Å². The fraction of sp³-hybridized carbons (Fsp3) is 0.500. The van der Waals surface area contributed by atoms with Crippen molar-refractivity contribution in [3.63, 3.8) is 0 Å². The second-order valence-electron chi connectivity index (χ2n) is 5.23. The smallest absolute Gasteiger partial charge is 0.152 e. The summed E-state index contributed by atoms with van der Waals surface area (Å²) in [6.07, 6.45) is -1.58. The molecule has 0 amide bonds. The number of hydrogen-bond donors (Lipinski definition) is 4. The van der Waals surface area contributed by atoms with Gasteiger partial charge in [0.25, 0.3) is 0 Å². The first-order chi connectivity index (χ1) is 9.87. The molecule has 2 unspecified atom stereocenters. The Morgan fingerprint density at radius 3 is 2.90 bits per heavy atom. The Labute approximate surface area is 133 Å². The van der Waals surface area contributed by atoms with Gasteiger partial charge in [0.05, 0.1) is 12.3 Å². The van der Waals surface area contributed by atoms with E-state index in [-0.39, 0.29) is 6.61 Å². The van der Waals surface area contributed by atoms with E-state index in [4.69, 9.17) is 10.5 Å². The summed E-state index contributed by atoms with van der Waals surface area (Å²) in [6, 6.07) is 1.77. The first-order valence-corrected chi connectivity index (χ1v) is 7.40. The second kappa shape index (κ2) is 5.02. The van der Waals surface area contributed by atoms with E-state index in [1.54, 1.807) is 6.07 Å². The Kier molecular flexibility index (Phi) is 3.56. The van der Waals surface area contributed by atoms with Gasteiger partial charge in [0.2, 0.25) is 0 Å². The van der Waals surface area contributed by atoms with Gasteiger partial charge in [-0.15, -0.1) is 0 Å². The summed E-state index contributed by atoms with van der Waals surface area (Å²) in [7, 11) is 0. The highest BCUT2D eigenvalue weighted by Crippen LogP contribution is 2.42. The van der Waals surface area contributed by atoms with Gasteiger partial charge in [0, 0.05) is 3.57 Å². The quantitative estimate of drug-likeness (QED) is 0.494. The van der Waals surface area contributed by atoms with E-state index in [2.05, 4.69) is 32.7 Å². The monoisotopic (exact) mass is 406 g/mol. The average Bonchev–Trinajstić information content (AvgIpc) is 2.87. The number of fused-ring (bicyclic) bond motifs is 1. The summed E-state index contributed by atoms with van der Waals surface area (Å²) in [4.78, 5) is 3.94. The zero-order chi connectivity index (χ0) is 15.4. The predicted molar refractivity (Wildman–Crippen MR) is 81.4 cm³/mol. The molecule has 21 heavy (non-hydrogen) atoms. The molecule has 114 valence electrons. The number of aliphatic hydroxyl groups is 3. The molecular formula is C12H15IN4O4. The topological polar surface area (TPSA) is 126 Å². The lowest BCUT2D eigenvalue weighted by Crippen LogP contribution is -2.43. The standard InChI is InChI=1S/C12H15IN4O4/c1-12(20)9(19)7(3-18)21-10(12)6-2-5(13)8-11(14)15-4-16-17(6)8/h2,4,7,9-10,18-20H,3H2,1H3,(H2,14,15,16)/t7-,9?,10?,12-/m1/s1. The van der Waals surface area contributed by atoms with Gasteiger partial charge < -0.3 is 25.8 Å². The normalized spacial score (nSPS) is 32.9. The highest BCUT2D eigenvalue weighted by Gasteiger charge is 2.53. The van der Waals surface area contributed by atoms with Crippen LogP contribution in [0.15, 0.2) is 12.4 Å². The van der Waals surface area contributed by atoms with Crippen molar-refractivity contribution in [3.05, 3.63) is 21.7 Å². The van der Waals surface area contributed by atoms with Crippen LogP contribution in [0, 0.1) is 3.57 Å². The number of nitrogens with zero attached hydrogens (tertiary/aromatic N) is 3. The number of ether oxygens (including phenoxy) is 1. The number of nitrogen functional groups attached to an aromatic ring is 1. The van der Waals surface area contributed by atoms with Crippen molar-refractivity contribution in [2.75, 3.05) is 12.3 Å². The SMILES string of the molecule is C[C@]1(O)C(c2cc(I)c3c(N)ncnn23)O[C@H](CO)C1O. The number of aliphatic hydroxyl groups excluding tert-OH is 2. The average molecular weight is 406 g/mol. The molecule has 2 aromatic heterocycles. The third kappa shape index (κ3) is 2.11. The lowest BCUT2D eigenvalue weighted by Gasteiger charge is -2.26. The number of aromatic nitrogens is 3. The predicted octanol–water partition coefficient (Wildman–Crippen LogP) is -0.540. The summed E-state index contributed by atoms with van der Waals surface area (Å²) in [5.74, 6) is 0.317. The molecule has 4 atom stereocenters. The van der Waals surface area contributed by atoms with Gasteiger partial charge in [0.15, 0.2) is 5.82 Å². The molecule has 8 nitrogen and oxygen atoms in total. The van der Waals surface area contributed by atoms with Crippen molar-refractivity contribution in [2.45, 2.75) is 30.8 Å². The van der Waals surface area contributed by atoms with Gasteiger partial charge in [-0.25, -0.2) is 9.50 Å². The summed E-state index contributed by atoms with van der Waals surface area (Å²) in [5, 5.41) is 34.0. The fourth-order valence-electron chi connectivity index (χ4n) is 2.66. The number of halogens is 1. The molecule has 0 radical (unpaired) electrons. The maximum Gasteiger partial charge on any atom is 0.152 e. The van der Waals surface area contributed by atoms with Crippen molar-refractivity contribution < 1.29 is 20.1 Å². The Balaban J connectivity index is 2.15. The molecule has 0 aromatic carbocycles. The highest BCUT2D eigenvalue weighted by atomic mass is 127. The minimum atomic E-state index is -1.55. The van der Waals surface area contributed by atoms with Crippen molar-refractivity contribution in [1.29, 1.82) is 0 Å². The van der Waals surface area contributed by atoms with E-state index in [1.165, 1.54) is 17.8 Å². The third-order valence-electron chi connectivity index (χ3n) is 3.80. The zero-order valence-electron chi connectivity index (χ0n) is 11.1. The van der Waals surface area contributed by atoms with Gasteiger partial charge in [-0.05, 0) is 35.6 Å². The van der Waals surface area contributed by atoms with E-state index in [1.807, 2.05) is 0 Å². The molecule has 1 fully saturated rings. The third-order valence-corrected chi connectivity index (χ3v) is 4.63. The molecule has 2 aromatic rings. The summed E-state index contributed by atoms with van der Waals surface area (Å²) in [6.45, 7) is 1.08. The van der Waals surface area contributed by atoms with Gasteiger partial charge in [-0.1, -0.05) is 0 Å². The molecule has 5 N–H and O–H groups in total. The molecule has 1 saturated heterocycles. The first-order valence-electron chi connectivity index (χ1n) is 6.32. The van der Waals surface area contributed by atoms with E-state index in [0.717, 1.165) is 3.57 Å². The van der Waals surface area contributed by atoms with Gasteiger partial charge in [-0.3, -0.25) is 0 Å². The molecular weight excluding hydrogens is 391 g/mol. The van der Waals surface area contributed by atoms with Crippen LogP contribution >= 0.6 is 22.6 Å². The largest absolute Gasteiger partial charge is 0.394 e. The van der Waals surface area contributed by atoms with Crippen LogP contribution in [0.5, 0.6) is 0 Å². The van der Waals surface area contributed by atoms with E-state index >= 15 is 0 Å². The van der Waals surface area contributed by atoms with Crippen LogP contribution in [-0.2, 0) is 4.74 Å². The van der Waals surface area contributed by atoms with Crippen LogP contribution in [0.25, 0.3) is 5.52 Å². The number of anilines is 1. The molecule has 0 bridgehead atoms. The van der Waals surface area contributed by atoms with Gasteiger partial charge in [-0.2, -0.15) is 5.10 Å². The minimum absolute atomic E-state index is 0.317. The number of hydrogen-bond acceptors (Lipinski definition) is 7. The Bertz CT molecular complexity index is 689. The lowest BCUT2D eigenvalue weighted by atomic mass is 9.91. The Hall–Kier alpha value is -1.01. The molecule has 3 rings (SSSR count). The molecule has 9 heteroatoms. The van der Waals surface area contributed by atoms with Crippen molar-refractivity contribution in [2.24, 2.45) is 0 Å². The molecule has 0 saturated carbocycles. The van der Waals surface area contributed by atoms with Crippen LogP contribution in [0.4, 0.5) is 5.82 Å². The second-order valence-corrected chi connectivity index (χ2v) is 6.39. The van der Waals surface area contributed by atoms with Crippen molar-refractivity contribution in [3.8, 4) is 0 Å². The maximum atomic E-state index is 10.5. The van der Waals surface area contributed by atoms with Crippen LogP contribution in [0.2, 0.25) is 0 Å². The molecule has 0 spiro atoms. The Morgan fingerprint density at radius 1 is 1.57 bits per heavy atom. The van der Waals surface area contributed by atoms with Crippen molar-refractivity contribution >= 4 is 33.9 Å². The summed E-state index contributed by atoms with van der Waals surface area (Å²) >= 11 is 2.09. The number of rotatable bonds is 2. The zero-order valence-corrected chi connectivity index (χ0v) is 13.3. The van der Waals surface area contributed by atoms with Gasteiger partial charge in [0.1, 0.15) is 35.8 Å². The molecule has 0 aliphatic carbocycles. The van der Waals surface area contributed by atoms with Crippen LogP contribution in [0.1, 0.15) is 18.7 Å². The first kappa shape index (κ1) is 14.9. The molecule has 1 aliphatic heterocycles. The fourth-order valence-corrected chi connectivity index (χ4v) is 3.49. The number of nitrogens with two attached hydrogens (primary N) is 1. The van der Waals surface area contributed by atoms with Crippen molar-refractivity contribution in [1.82, 2.24) is 14.6 Å². The van der Waals surface area contributed by atoms with E-state index in [9.17, 15) is 15.3 Å². The van der Waals surface area contributed by atoms with Crippen LogP contribution < -0.4 is 5.73 Å². The maximum absolute atomic E-state index is 10.5. The van der Waals surface area contributed by atoms with E-state index in [0.29, 0.717) is 17.0 Å². The van der Waals surface area contributed by atoms with Crippen LogP contribution in [-0.4, -0.2) is 54.3 Å². The minimum Gasteiger partial charge on any atom is -0.394 e. The summed E-state index contributed by atoms with van der Waals surface area (Å²) in [5.41, 5.74) is 5.46. The highest BCUT2D eigenvalue weighted by molar-refractivity contribution is 14.1. The summed E-state index contributed by atoms with van der Waals surface area (Å²) < 4.78 is 7.95. The molecule has 1 aliphatic rings. The molecule has 3 heterocycles. The lowest BCUT2D eigenvalue weighted by molar-refractivity contribution is -0.0664. The van der Waals surface area contributed by atoms with E-state index < -0.39 is 23.9 Å². The Morgan fingerprint density at radius 2 is 2.29 bits per heavy atom. The van der Waals surface area contributed by atoms with Gasteiger partial charge >= 0.3 is 0 Å².